The first-order chi connectivity index (χ1) is 8.31. The molecule has 1 heterocycles. The van der Waals surface area contributed by atoms with Gasteiger partial charge in [-0.1, -0.05) is 42.8 Å². The van der Waals surface area contributed by atoms with Gasteiger partial charge in [0.2, 0.25) is 0 Å². The highest BCUT2D eigenvalue weighted by Gasteiger charge is 2.13. The number of thiophene rings is 1. The molecule has 1 unspecified atom stereocenters. The van der Waals surface area contributed by atoms with Crippen LogP contribution in [0, 0.1) is 0 Å². The normalized spacial score (nSPS) is 12.6. The lowest BCUT2D eigenvalue weighted by Gasteiger charge is -2.17. The minimum absolute atomic E-state index is 0.361. The van der Waals surface area contributed by atoms with E-state index < -0.39 is 0 Å². The molecule has 1 nitrogen and oxygen atoms in total. The van der Waals surface area contributed by atoms with Crippen molar-refractivity contribution in [2.24, 2.45) is 0 Å². The molecule has 1 N–H and O–H groups in total. The first kappa shape index (κ1) is 12.6. The number of halogens is 1. The highest BCUT2D eigenvalue weighted by Crippen LogP contribution is 2.26. The van der Waals surface area contributed by atoms with Gasteiger partial charge in [0.15, 0.2) is 0 Å². The smallest absolute Gasteiger partial charge is 0.0456 e. The van der Waals surface area contributed by atoms with Gasteiger partial charge >= 0.3 is 0 Å². The summed E-state index contributed by atoms with van der Waals surface area (Å²) in [6.45, 7) is 3.10. The van der Waals surface area contributed by atoms with Crippen LogP contribution >= 0.6 is 22.9 Å². The van der Waals surface area contributed by atoms with E-state index in [1.54, 1.807) is 11.3 Å². The molecule has 0 amide bonds. The number of benzene rings is 1. The van der Waals surface area contributed by atoms with Crippen molar-refractivity contribution >= 4 is 22.9 Å². The van der Waals surface area contributed by atoms with Crippen LogP contribution in [-0.4, -0.2) is 6.54 Å². The number of hydrogen-bond acceptors (Lipinski definition) is 2. The Kier molecular flexibility index (Phi) is 4.60. The maximum atomic E-state index is 6.21. The Morgan fingerprint density at radius 3 is 2.71 bits per heavy atom. The number of nitrogens with one attached hydrogen (secondary N) is 1. The summed E-state index contributed by atoms with van der Waals surface area (Å²) in [4.78, 5) is 1.37. The van der Waals surface area contributed by atoms with Crippen LogP contribution < -0.4 is 5.32 Å². The Morgan fingerprint density at radius 2 is 2.06 bits per heavy atom. The number of likely N-dealkylation sites (N-methyl/N-ethyl adjacent to an activating group) is 1. The summed E-state index contributed by atoms with van der Waals surface area (Å²) in [5.74, 6) is 0. The van der Waals surface area contributed by atoms with E-state index in [1.165, 1.54) is 10.4 Å². The van der Waals surface area contributed by atoms with Gasteiger partial charge in [-0.15, -0.1) is 11.3 Å². The SMILES string of the molecule is CCNC(Cc1ccccc1Cl)c1cccs1. The van der Waals surface area contributed by atoms with Crippen molar-refractivity contribution < 1.29 is 0 Å². The molecule has 0 bridgehead atoms. The van der Waals surface area contributed by atoms with E-state index in [4.69, 9.17) is 11.6 Å². The van der Waals surface area contributed by atoms with Gasteiger partial charge in [-0.2, -0.15) is 0 Å². The Morgan fingerprint density at radius 1 is 1.24 bits per heavy atom. The van der Waals surface area contributed by atoms with E-state index in [0.717, 1.165) is 18.0 Å². The summed E-state index contributed by atoms with van der Waals surface area (Å²) in [5, 5.41) is 6.48. The van der Waals surface area contributed by atoms with Crippen molar-refractivity contribution in [2.45, 2.75) is 19.4 Å². The van der Waals surface area contributed by atoms with E-state index in [2.05, 4.69) is 35.8 Å². The fourth-order valence-corrected chi connectivity index (χ4v) is 2.91. The maximum Gasteiger partial charge on any atom is 0.0456 e. The molecule has 3 heteroatoms. The van der Waals surface area contributed by atoms with Crippen molar-refractivity contribution in [1.82, 2.24) is 5.32 Å². The second-order valence-corrected chi connectivity index (χ2v) is 5.31. The third-order valence-electron chi connectivity index (χ3n) is 2.72. The first-order valence-electron chi connectivity index (χ1n) is 5.81. The van der Waals surface area contributed by atoms with Crippen LogP contribution in [0.1, 0.15) is 23.4 Å². The summed E-state index contributed by atoms with van der Waals surface area (Å²) in [7, 11) is 0. The van der Waals surface area contributed by atoms with Gasteiger partial charge in [0, 0.05) is 15.9 Å². The molecule has 0 saturated carbocycles. The molecule has 2 rings (SSSR count). The van der Waals surface area contributed by atoms with Crippen LogP contribution in [0.4, 0.5) is 0 Å². The van der Waals surface area contributed by atoms with Gasteiger partial charge in [-0.3, -0.25) is 0 Å². The molecule has 17 heavy (non-hydrogen) atoms. The first-order valence-corrected chi connectivity index (χ1v) is 7.07. The third-order valence-corrected chi connectivity index (χ3v) is 4.07. The van der Waals surface area contributed by atoms with Crippen molar-refractivity contribution in [3.63, 3.8) is 0 Å². The molecular weight excluding hydrogens is 250 g/mol. The largest absolute Gasteiger partial charge is 0.309 e. The fourth-order valence-electron chi connectivity index (χ4n) is 1.89. The molecule has 0 fully saturated rings. The molecule has 2 aromatic rings. The van der Waals surface area contributed by atoms with Crippen molar-refractivity contribution in [3.05, 3.63) is 57.2 Å². The molecule has 0 aliphatic carbocycles. The monoisotopic (exact) mass is 265 g/mol. The summed E-state index contributed by atoms with van der Waals surface area (Å²) in [5.41, 5.74) is 1.20. The topological polar surface area (TPSA) is 12.0 Å². The van der Waals surface area contributed by atoms with E-state index in [1.807, 2.05) is 18.2 Å². The predicted octanol–water partition coefficient (Wildman–Crippen LogP) is 4.29. The molecule has 1 aromatic carbocycles. The lowest BCUT2D eigenvalue weighted by atomic mass is 10.0. The highest BCUT2D eigenvalue weighted by atomic mass is 35.5. The Hall–Kier alpha value is -0.830. The van der Waals surface area contributed by atoms with Crippen LogP contribution in [0.5, 0.6) is 0 Å². The average Bonchev–Trinajstić information content (AvgIpc) is 2.85. The lowest BCUT2D eigenvalue weighted by molar-refractivity contribution is 0.558. The predicted molar refractivity (Wildman–Crippen MR) is 75.9 cm³/mol. The van der Waals surface area contributed by atoms with Crippen LogP contribution in [0.3, 0.4) is 0 Å². The summed E-state index contributed by atoms with van der Waals surface area (Å²) in [6, 6.07) is 12.7. The zero-order chi connectivity index (χ0) is 12.1. The zero-order valence-corrected chi connectivity index (χ0v) is 11.4. The van der Waals surface area contributed by atoms with Crippen LogP contribution in [0.2, 0.25) is 5.02 Å². The molecule has 1 aromatic heterocycles. The minimum Gasteiger partial charge on any atom is -0.309 e. The second kappa shape index (κ2) is 6.20. The molecule has 0 saturated heterocycles. The lowest BCUT2D eigenvalue weighted by Crippen LogP contribution is -2.22. The Balaban J connectivity index is 2.16. The second-order valence-electron chi connectivity index (χ2n) is 3.92. The molecule has 90 valence electrons. The van der Waals surface area contributed by atoms with Gasteiger partial charge in [-0.25, -0.2) is 0 Å². The van der Waals surface area contributed by atoms with Crippen LogP contribution in [0.25, 0.3) is 0 Å². The fraction of sp³-hybridized carbons (Fsp3) is 0.286. The average molecular weight is 266 g/mol. The van der Waals surface area contributed by atoms with Gasteiger partial charge in [0.1, 0.15) is 0 Å². The van der Waals surface area contributed by atoms with Gasteiger partial charge in [0.25, 0.3) is 0 Å². The van der Waals surface area contributed by atoms with Crippen LogP contribution in [0.15, 0.2) is 41.8 Å². The van der Waals surface area contributed by atoms with E-state index in [9.17, 15) is 0 Å². The van der Waals surface area contributed by atoms with Crippen molar-refractivity contribution in [1.29, 1.82) is 0 Å². The standard InChI is InChI=1S/C14H16ClNS/c1-2-16-13(14-8-5-9-17-14)10-11-6-3-4-7-12(11)15/h3-9,13,16H,2,10H2,1H3. The molecular formula is C14H16ClNS. The third kappa shape index (κ3) is 3.32. The number of hydrogen-bond donors (Lipinski definition) is 1. The highest BCUT2D eigenvalue weighted by molar-refractivity contribution is 7.10. The van der Waals surface area contributed by atoms with E-state index >= 15 is 0 Å². The molecule has 0 aliphatic heterocycles. The molecule has 1 atom stereocenters. The molecule has 0 spiro atoms. The van der Waals surface area contributed by atoms with Crippen molar-refractivity contribution in [2.75, 3.05) is 6.54 Å². The Bertz CT molecular complexity index is 453. The maximum absolute atomic E-state index is 6.21. The van der Waals surface area contributed by atoms with Gasteiger partial charge in [-0.05, 0) is 36.0 Å². The summed E-state index contributed by atoms with van der Waals surface area (Å²) in [6.07, 6.45) is 0.939. The quantitative estimate of drug-likeness (QED) is 0.850. The summed E-state index contributed by atoms with van der Waals surface area (Å²) < 4.78 is 0. The minimum atomic E-state index is 0.361. The van der Waals surface area contributed by atoms with Crippen LogP contribution in [-0.2, 0) is 6.42 Å². The molecule has 0 radical (unpaired) electrons. The van der Waals surface area contributed by atoms with Gasteiger partial charge < -0.3 is 5.32 Å². The summed E-state index contributed by atoms with van der Waals surface area (Å²) >= 11 is 8.00. The number of rotatable bonds is 5. The van der Waals surface area contributed by atoms with E-state index in [0.29, 0.717) is 6.04 Å². The zero-order valence-electron chi connectivity index (χ0n) is 9.82. The van der Waals surface area contributed by atoms with E-state index in [-0.39, 0.29) is 0 Å². The Labute approximate surface area is 111 Å². The van der Waals surface area contributed by atoms with Gasteiger partial charge in [0.05, 0.1) is 0 Å². The van der Waals surface area contributed by atoms with Crippen molar-refractivity contribution in [3.8, 4) is 0 Å². The molecule has 0 aliphatic rings.